The van der Waals surface area contributed by atoms with E-state index in [1.54, 1.807) is 24.3 Å². The van der Waals surface area contributed by atoms with Crippen molar-refractivity contribution in [1.29, 1.82) is 0 Å². The number of carbonyl (C=O) groups is 1. The van der Waals surface area contributed by atoms with Gasteiger partial charge in [-0.05, 0) is 36.5 Å². The van der Waals surface area contributed by atoms with Crippen molar-refractivity contribution in [3.05, 3.63) is 56.2 Å². The van der Waals surface area contributed by atoms with Gasteiger partial charge in [-0.25, -0.2) is 4.79 Å². The van der Waals surface area contributed by atoms with Gasteiger partial charge in [-0.3, -0.25) is 9.36 Å². The fourth-order valence-corrected chi connectivity index (χ4v) is 1.82. The molecule has 0 spiro atoms. The topological polar surface area (TPSA) is 75.1 Å². The lowest BCUT2D eigenvalue weighted by molar-refractivity contribution is 0.0694. The molecule has 0 radical (unpaired) electrons. The number of rotatable bonds is 2. The number of aromatic carboxylic acids is 1. The van der Waals surface area contributed by atoms with Gasteiger partial charge in [0.2, 0.25) is 0 Å². The van der Waals surface area contributed by atoms with Gasteiger partial charge in [0.25, 0.3) is 5.56 Å². The minimum absolute atomic E-state index is 0.118. The Balaban J connectivity index is 2.75. The molecule has 1 aromatic carbocycles. The second-order valence-corrected chi connectivity index (χ2v) is 4.25. The summed E-state index contributed by atoms with van der Waals surface area (Å²) in [5, 5.41) is 9.39. The van der Waals surface area contributed by atoms with Crippen LogP contribution >= 0.6 is 23.8 Å². The monoisotopic (exact) mass is 282 g/mol. The third-order valence-electron chi connectivity index (χ3n) is 2.29. The molecule has 5 nitrogen and oxygen atoms in total. The van der Waals surface area contributed by atoms with Crippen molar-refractivity contribution in [1.82, 2.24) is 9.55 Å². The summed E-state index contributed by atoms with van der Waals surface area (Å²) in [6.45, 7) is 0. The van der Waals surface area contributed by atoms with Crippen LogP contribution in [-0.4, -0.2) is 20.6 Å². The summed E-state index contributed by atoms with van der Waals surface area (Å²) in [6, 6.07) is 6.34. The molecule has 7 heteroatoms. The lowest BCUT2D eigenvalue weighted by Gasteiger charge is -2.06. The number of hydrogen-bond acceptors (Lipinski definition) is 3. The van der Waals surface area contributed by atoms with E-state index >= 15 is 0 Å². The molecular formula is C11H7ClN2O3S. The van der Waals surface area contributed by atoms with Crippen molar-refractivity contribution in [2.24, 2.45) is 0 Å². The van der Waals surface area contributed by atoms with Crippen molar-refractivity contribution >= 4 is 29.8 Å². The van der Waals surface area contributed by atoms with Crippen LogP contribution in [0.25, 0.3) is 5.69 Å². The van der Waals surface area contributed by atoms with Gasteiger partial charge in [0.05, 0.1) is 5.69 Å². The van der Waals surface area contributed by atoms with E-state index in [0.717, 1.165) is 10.8 Å². The van der Waals surface area contributed by atoms with E-state index in [-0.39, 0.29) is 10.3 Å². The van der Waals surface area contributed by atoms with E-state index in [1.807, 2.05) is 0 Å². The van der Waals surface area contributed by atoms with Gasteiger partial charge in [0.1, 0.15) is 5.56 Å². The van der Waals surface area contributed by atoms with E-state index in [2.05, 4.69) is 4.98 Å². The fourth-order valence-electron chi connectivity index (χ4n) is 1.45. The molecule has 0 saturated carbocycles. The number of aromatic nitrogens is 2. The Labute approximate surface area is 111 Å². The molecular weight excluding hydrogens is 276 g/mol. The Kier molecular flexibility index (Phi) is 3.31. The largest absolute Gasteiger partial charge is 0.477 e. The summed E-state index contributed by atoms with van der Waals surface area (Å²) in [6.07, 6.45) is 1.08. The van der Waals surface area contributed by atoms with Crippen molar-refractivity contribution in [2.45, 2.75) is 0 Å². The summed E-state index contributed by atoms with van der Waals surface area (Å²) in [7, 11) is 0. The minimum atomic E-state index is -1.31. The first-order valence-corrected chi connectivity index (χ1v) is 5.63. The number of H-pyrrole nitrogens is 1. The highest BCUT2D eigenvalue weighted by Crippen LogP contribution is 2.12. The Morgan fingerprint density at radius 3 is 2.50 bits per heavy atom. The third kappa shape index (κ3) is 2.20. The zero-order chi connectivity index (χ0) is 13.3. The molecule has 0 unspecified atom stereocenters. The normalized spacial score (nSPS) is 10.3. The second-order valence-electron chi connectivity index (χ2n) is 3.43. The maximum absolute atomic E-state index is 12.0. The number of nitrogens with one attached hydrogen (secondary N) is 1. The smallest absolute Gasteiger partial charge is 0.342 e. The average Bonchev–Trinajstić information content (AvgIpc) is 2.31. The zero-order valence-corrected chi connectivity index (χ0v) is 10.5. The van der Waals surface area contributed by atoms with Gasteiger partial charge in [-0.2, -0.15) is 0 Å². The summed E-state index contributed by atoms with van der Waals surface area (Å²) in [5.74, 6) is -1.31. The molecule has 2 aromatic rings. The van der Waals surface area contributed by atoms with E-state index in [9.17, 15) is 9.59 Å². The quantitative estimate of drug-likeness (QED) is 0.829. The molecule has 18 heavy (non-hydrogen) atoms. The predicted octanol–water partition coefficient (Wildman–Crippen LogP) is 2.25. The van der Waals surface area contributed by atoms with Crippen LogP contribution in [0, 0.1) is 4.77 Å². The van der Waals surface area contributed by atoms with Crippen LogP contribution in [0.4, 0.5) is 0 Å². The highest BCUT2D eigenvalue weighted by molar-refractivity contribution is 7.71. The minimum Gasteiger partial charge on any atom is -0.477 e. The summed E-state index contributed by atoms with van der Waals surface area (Å²) >= 11 is 10.7. The Morgan fingerprint density at radius 1 is 1.33 bits per heavy atom. The molecule has 0 aliphatic heterocycles. The van der Waals surface area contributed by atoms with Crippen molar-refractivity contribution < 1.29 is 9.90 Å². The number of aromatic amines is 1. The van der Waals surface area contributed by atoms with E-state index in [1.165, 1.54) is 0 Å². The van der Waals surface area contributed by atoms with Crippen LogP contribution in [0.3, 0.4) is 0 Å². The maximum Gasteiger partial charge on any atom is 0.342 e. The molecule has 0 atom stereocenters. The molecule has 0 aliphatic carbocycles. The molecule has 2 N–H and O–H groups in total. The fraction of sp³-hybridized carbons (Fsp3) is 0. The molecule has 0 fully saturated rings. The van der Waals surface area contributed by atoms with Gasteiger partial charge >= 0.3 is 5.97 Å². The SMILES string of the molecule is O=C(O)c1c[nH]c(=S)n(-c2ccc(Cl)cc2)c1=O. The predicted molar refractivity (Wildman–Crippen MR) is 69.2 cm³/mol. The number of halogens is 1. The first-order valence-electron chi connectivity index (χ1n) is 4.84. The highest BCUT2D eigenvalue weighted by atomic mass is 35.5. The van der Waals surface area contributed by atoms with Crippen LogP contribution in [0.15, 0.2) is 35.3 Å². The Bertz CT molecular complexity index is 718. The number of benzene rings is 1. The van der Waals surface area contributed by atoms with Gasteiger partial charge in [-0.1, -0.05) is 11.6 Å². The summed E-state index contributed by atoms with van der Waals surface area (Å²) in [5.41, 5.74) is -0.610. The highest BCUT2D eigenvalue weighted by Gasteiger charge is 2.12. The van der Waals surface area contributed by atoms with Crippen molar-refractivity contribution in [2.75, 3.05) is 0 Å². The number of carboxylic acids is 1. The average molecular weight is 283 g/mol. The third-order valence-corrected chi connectivity index (χ3v) is 2.84. The van der Waals surface area contributed by atoms with Crippen LogP contribution in [-0.2, 0) is 0 Å². The van der Waals surface area contributed by atoms with Crippen LogP contribution in [0.5, 0.6) is 0 Å². The second kappa shape index (κ2) is 4.75. The Hall–Kier alpha value is -1.92. The molecule has 0 amide bonds. The van der Waals surface area contributed by atoms with Crippen LogP contribution < -0.4 is 5.56 Å². The first-order chi connectivity index (χ1) is 8.50. The number of nitrogens with zero attached hydrogens (tertiary/aromatic N) is 1. The van der Waals surface area contributed by atoms with Crippen molar-refractivity contribution in [3.63, 3.8) is 0 Å². The van der Waals surface area contributed by atoms with E-state index in [0.29, 0.717) is 10.7 Å². The number of hydrogen-bond donors (Lipinski definition) is 2. The summed E-state index contributed by atoms with van der Waals surface area (Å²) < 4.78 is 1.22. The van der Waals surface area contributed by atoms with E-state index < -0.39 is 11.5 Å². The van der Waals surface area contributed by atoms with Gasteiger partial charge in [0.15, 0.2) is 4.77 Å². The van der Waals surface area contributed by atoms with Crippen molar-refractivity contribution in [3.8, 4) is 5.69 Å². The molecule has 2 rings (SSSR count). The number of carboxylic acid groups (broad SMARTS) is 1. The molecule has 1 aromatic heterocycles. The Morgan fingerprint density at radius 2 is 1.94 bits per heavy atom. The molecule has 1 heterocycles. The van der Waals surface area contributed by atoms with Gasteiger partial charge in [-0.15, -0.1) is 0 Å². The molecule has 92 valence electrons. The molecule has 0 saturated heterocycles. The molecule has 0 aliphatic rings. The lowest BCUT2D eigenvalue weighted by Crippen LogP contribution is -2.26. The summed E-state index contributed by atoms with van der Waals surface area (Å²) in [4.78, 5) is 25.4. The standard InChI is InChI=1S/C11H7ClN2O3S/c12-6-1-3-7(4-2-6)14-9(15)8(10(16)17)5-13-11(14)18/h1-5H,(H,13,18)(H,16,17). The van der Waals surface area contributed by atoms with Crippen LogP contribution in [0.2, 0.25) is 5.02 Å². The van der Waals surface area contributed by atoms with Crippen LogP contribution in [0.1, 0.15) is 10.4 Å². The molecule has 0 bridgehead atoms. The van der Waals surface area contributed by atoms with E-state index in [4.69, 9.17) is 28.9 Å². The lowest BCUT2D eigenvalue weighted by atomic mass is 10.3. The zero-order valence-electron chi connectivity index (χ0n) is 8.88. The van der Waals surface area contributed by atoms with Gasteiger partial charge < -0.3 is 10.1 Å². The maximum atomic E-state index is 12.0. The van der Waals surface area contributed by atoms with Gasteiger partial charge in [0, 0.05) is 11.2 Å². The first kappa shape index (κ1) is 12.5.